The van der Waals surface area contributed by atoms with Crippen LogP contribution in [0.2, 0.25) is 0 Å². The third-order valence-corrected chi connectivity index (χ3v) is 4.72. The normalized spacial score (nSPS) is 16.5. The second-order valence-electron chi connectivity index (χ2n) is 6.37. The van der Waals surface area contributed by atoms with E-state index in [1.165, 1.54) is 11.1 Å². The molecule has 2 aromatic rings. The van der Waals surface area contributed by atoms with Crippen LogP contribution in [-0.4, -0.2) is 23.1 Å². The number of carbonyl (C=O) groups excluding carboxylic acids is 2. The Kier molecular flexibility index (Phi) is 5.09. The first-order valence-electron chi connectivity index (χ1n) is 8.58. The topological polar surface area (TPSA) is 37.4 Å². The average molecular weight is 321 g/mol. The van der Waals surface area contributed by atoms with Gasteiger partial charge >= 0.3 is 0 Å². The summed E-state index contributed by atoms with van der Waals surface area (Å²) < 4.78 is 0. The molecular formula is C21H23NO2. The van der Waals surface area contributed by atoms with Crippen molar-refractivity contribution in [2.24, 2.45) is 0 Å². The quantitative estimate of drug-likeness (QED) is 0.841. The fourth-order valence-electron chi connectivity index (χ4n) is 3.50. The second-order valence-corrected chi connectivity index (χ2v) is 6.37. The van der Waals surface area contributed by atoms with Crippen molar-refractivity contribution >= 4 is 11.7 Å². The third-order valence-electron chi connectivity index (χ3n) is 4.72. The number of hydrogen-bond acceptors (Lipinski definition) is 2. The number of benzene rings is 2. The van der Waals surface area contributed by atoms with Gasteiger partial charge in [-0.3, -0.25) is 9.59 Å². The van der Waals surface area contributed by atoms with Crippen LogP contribution in [0.4, 0.5) is 0 Å². The molecule has 2 aromatic carbocycles. The zero-order chi connectivity index (χ0) is 16.9. The number of aryl methyl sites for hydroxylation is 1. The molecule has 0 N–H and O–H groups in total. The van der Waals surface area contributed by atoms with Crippen molar-refractivity contribution in [3.63, 3.8) is 0 Å². The standard InChI is InChI=1S/C21H23NO2/c1-16(23)22-15-14-18-11-5-6-12-19(18)21(22)20(24)13-7-10-17-8-3-2-4-9-17/h2-6,8-9,11-12,21H,7,10,13-15H2,1H3. The number of hydrogen-bond donors (Lipinski definition) is 0. The van der Waals surface area contributed by atoms with Crippen molar-refractivity contribution in [2.45, 2.75) is 38.6 Å². The Morgan fingerprint density at radius 2 is 1.75 bits per heavy atom. The highest BCUT2D eigenvalue weighted by Gasteiger charge is 2.33. The van der Waals surface area contributed by atoms with E-state index in [2.05, 4.69) is 18.2 Å². The predicted molar refractivity (Wildman–Crippen MR) is 94.7 cm³/mol. The molecule has 124 valence electrons. The molecule has 0 saturated carbocycles. The molecule has 1 aliphatic heterocycles. The summed E-state index contributed by atoms with van der Waals surface area (Å²) >= 11 is 0. The summed E-state index contributed by atoms with van der Waals surface area (Å²) in [4.78, 5) is 26.6. The Morgan fingerprint density at radius 3 is 2.50 bits per heavy atom. The van der Waals surface area contributed by atoms with Crippen molar-refractivity contribution < 1.29 is 9.59 Å². The SMILES string of the molecule is CC(=O)N1CCc2ccccc2C1C(=O)CCCc1ccccc1. The van der Waals surface area contributed by atoms with Gasteiger partial charge in [0.15, 0.2) is 5.78 Å². The molecule has 1 aliphatic rings. The first-order chi connectivity index (χ1) is 11.7. The lowest BCUT2D eigenvalue weighted by atomic mass is 9.88. The molecule has 24 heavy (non-hydrogen) atoms. The molecule has 3 heteroatoms. The van der Waals surface area contributed by atoms with Crippen LogP contribution in [0.5, 0.6) is 0 Å². The zero-order valence-electron chi connectivity index (χ0n) is 14.1. The molecule has 1 amide bonds. The fourth-order valence-corrected chi connectivity index (χ4v) is 3.50. The van der Waals surface area contributed by atoms with Gasteiger partial charge in [0.1, 0.15) is 6.04 Å². The van der Waals surface area contributed by atoms with Gasteiger partial charge in [0.05, 0.1) is 0 Å². The minimum Gasteiger partial charge on any atom is -0.328 e. The fraction of sp³-hybridized carbons (Fsp3) is 0.333. The highest BCUT2D eigenvalue weighted by Crippen LogP contribution is 2.31. The minimum atomic E-state index is -0.414. The van der Waals surface area contributed by atoms with Gasteiger partial charge in [-0.2, -0.15) is 0 Å². The molecular weight excluding hydrogens is 298 g/mol. The van der Waals surface area contributed by atoms with E-state index in [1.54, 1.807) is 11.8 Å². The van der Waals surface area contributed by atoms with E-state index in [0.717, 1.165) is 24.8 Å². The highest BCUT2D eigenvalue weighted by atomic mass is 16.2. The molecule has 1 atom stereocenters. The molecule has 0 bridgehead atoms. The molecule has 0 radical (unpaired) electrons. The maximum atomic E-state index is 12.9. The lowest BCUT2D eigenvalue weighted by molar-refractivity contribution is -0.138. The van der Waals surface area contributed by atoms with E-state index >= 15 is 0 Å². The molecule has 3 rings (SSSR count). The molecule has 0 spiro atoms. The summed E-state index contributed by atoms with van der Waals surface area (Å²) in [6.07, 6.45) is 3.02. The minimum absolute atomic E-state index is 0.0223. The monoisotopic (exact) mass is 321 g/mol. The average Bonchev–Trinajstić information content (AvgIpc) is 2.61. The lowest BCUT2D eigenvalue weighted by Gasteiger charge is -2.36. The van der Waals surface area contributed by atoms with Crippen LogP contribution in [0.3, 0.4) is 0 Å². The number of amides is 1. The van der Waals surface area contributed by atoms with Crippen LogP contribution >= 0.6 is 0 Å². The number of carbonyl (C=O) groups is 2. The van der Waals surface area contributed by atoms with Gasteiger partial charge in [-0.05, 0) is 36.0 Å². The van der Waals surface area contributed by atoms with E-state index in [0.29, 0.717) is 13.0 Å². The molecule has 0 saturated heterocycles. The Labute approximate surface area is 143 Å². The van der Waals surface area contributed by atoms with E-state index in [1.807, 2.05) is 36.4 Å². The second kappa shape index (κ2) is 7.43. The number of Topliss-reactive ketones (excluding diaryl/α,β-unsaturated/α-hetero) is 1. The number of nitrogens with zero attached hydrogens (tertiary/aromatic N) is 1. The van der Waals surface area contributed by atoms with E-state index < -0.39 is 6.04 Å². The van der Waals surface area contributed by atoms with E-state index in [4.69, 9.17) is 0 Å². The van der Waals surface area contributed by atoms with Gasteiger partial charge < -0.3 is 4.90 Å². The van der Waals surface area contributed by atoms with Crippen molar-refractivity contribution in [1.82, 2.24) is 4.90 Å². The molecule has 1 unspecified atom stereocenters. The molecule has 0 aliphatic carbocycles. The third kappa shape index (κ3) is 3.56. The van der Waals surface area contributed by atoms with Gasteiger partial charge in [-0.1, -0.05) is 54.6 Å². The summed E-state index contributed by atoms with van der Waals surface area (Å²) in [7, 11) is 0. The lowest BCUT2D eigenvalue weighted by Crippen LogP contribution is -2.42. The van der Waals surface area contributed by atoms with Gasteiger partial charge in [0, 0.05) is 19.9 Å². The first kappa shape index (κ1) is 16.4. The van der Waals surface area contributed by atoms with E-state index in [9.17, 15) is 9.59 Å². The predicted octanol–water partition coefficient (Wildman–Crippen LogP) is 3.72. The zero-order valence-corrected chi connectivity index (χ0v) is 14.1. The Morgan fingerprint density at radius 1 is 1.04 bits per heavy atom. The van der Waals surface area contributed by atoms with Crippen molar-refractivity contribution in [1.29, 1.82) is 0 Å². The van der Waals surface area contributed by atoms with Crippen LogP contribution in [0.25, 0.3) is 0 Å². The largest absolute Gasteiger partial charge is 0.328 e. The van der Waals surface area contributed by atoms with Gasteiger partial charge in [0.2, 0.25) is 5.91 Å². The molecule has 1 heterocycles. The summed E-state index contributed by atoms with van der Waals surface area (Å²) in [6.45, 7) is 2.18. The molecule has 0 fully saturated rings. The highest BCUT2D eigenvalue weighted by molar-refractivity contribution is 5.90. The number of fused-ring (bicyclic) bond motifs is 1. The Balaban J connectivity index is 1.72. The maximum Gasteiger partial charge on any atom is 0.220 e. The van der Waals surface area contributed by atoms with E-state index in [-0.39, 0.29) is 11.7 Å². The van der Waals surface area contributed by atoms with Crippen LogP contribution in [0, 0.1) is 0 Å². The van der Waals surface area contributed by atoms with Crippen molar-refractivity contribution in [3.05, 3.63) is 71.3 Å². The Hall–Kier alpha value is -2.42. The number of ketones is 1. The number of rotatable bonds is 5. The summed E-state index contributed by atoms with van der Waals surface area (Å²) in [6, 6.07) is 17.8. The Bertz CT molecular complexity index is 724. The van der Waals surface area contributed by atoms with Crippen LogP contribution in [0.1, 0.15) is 42.5 Å². The van der Waals surface area contributed by atoms with Gasteiger partial charge in [-0.25, -0.2) is 0 Å². The van der Waals surface area contributed by atoms with Gasteiger partial charge in [-0.15, -0.1) is 0 Å². The molecule has 3 nitrogen and oxygen atoms in total. The smallest absolute Gasteiger partial charge is 0.220 e. The summed E-state index contributed by atoms with van der Waals surface area (Å²) in [5.74, 6) is 0.124. The summed E-state index contributed by atoms with van der Waals surface area (Å²) in [5, 5.41) is 0. The van der Waals surface area contributed by atoms with Crippen molar-refractivity contribution in [3.8, 4) is 0 Å². The van der Waals surface area contributed by atoms with Crippen LogP contribution in [0.15, 0.2) is 54.6 Å². The maximum absolute atomic E-state index is 12.9. The van der Waals surface area contributed by atoms with Crippen LogP contribution < -0.4 is 0 Å². The van der Waals surface area contributed by atoms with Gasteiger partial charge in [0.25, 0.3) is 0 Å². The summed E-state index contributed by atoms with van der Waals surface area (Å²) in [5.41, 5.74) is 3.44. The van der Waals surface area contributed by atoms with Crippen molar-refractivity contribution in [2.75, 3.05) is 6.54 Å². The van der Waals surface area contributed by atoms with Crippen LogP contribution in [-0.2, 0) is 22.4 Å². The first-order valence-corrected chi connectivity index (χ1v) is 8.58. The molecule has 0 aromatic heterocycles.